The predicted molar refractivity (Wildman–Crippen MR) is 70.8 cm³/mol. The van der Waals surface area contributed by atoms with Gasteiger partial charge in [0, 0.05) is 11.6 Å². The second-order valence-electron chi connectivity index (χ2n) is 6.55. The van der Waals surface area contributed by atoms with Crippen molar-refractivity contribution in [2.24, 2.45) is 11.8 Å². The van der Waals surface area contributed by atoms with Gasteiger partial charge in [0.1, 0.15) is 0 Å². The molecule has 1 N–H and O–H groups in total. The van der Waals surface area contributed by atoms with Crippen LogP contribution in [0.3, 0.4) is 0 Å². The van der Waals surface area contributed by atoms with Crippen LogP contribution >= 0.6 is 0 Å². The average Bonchev–Trinajstić information content (AvgIpc) is 2.47. The number of nitrogens with one attached hydrogen (secondary N) is 1. The van der Waals surface area contributed by atoms with Crippen molar-refractivity contribution in [3.8, 4) is 0 Å². The monoisotopic (exact) mass is 259 g/mol. The summed E-state index contributed by atoms with van der Waals surface area (Å²) in [6.07, 6.45) is 4.54. The van der Waals surface area contributed by atoms with Gasteiger partial charge >= 0.3 is 0 Å². The molecule has 1 saturated carbocycles. The van der Waals surface area contributed by atoms with E-state index >= 15 is 0 Å². The highest BCUT2D eigenvalue weighted by atomic mass is 32.2. The van der Waals surface area contributed by atoms with Crippen LogP contribution in [0.1, 0.15) is 46.5 Å². The predicted octanol–water partition coefficient (Wildman–Crippen LogP) is 1.98. The molecular weight excluding hydrogens is 234 g/mol. The van der Waals surface area contributed by atoms with Crippen LogP contribution in [0.15, 0.2) is 0 Å². The molecule has 0 aromatic rings. The van der Waals surface area contributed by atoms with Crippen LogP contribution in [0.5, 0.6) is 0 Å². The summed E-state index contributed by atoms with van der Waals surface area (Å²) in [6.45, 7) is 6.66. The summed E-state index contributed by atoms with van der Waals surface area (Å²) in [4.78, 5) is 0. The largest absolute Gasteiger partial charge is 0.307 e. The summed E-state index contributed by atoms with van der Waals surface area (Å²) in [5.74, 6) is 2.11. The molecule has 1 saturated heterocycles. The van der Waals surface area contributed by atoms with Crippen LogP contribution in [0.4, 0.5) is 0 Å². The molecule has 0 radical (unpaired) electrons. The normalized spacial score (nSPS) is 45.9. The molecule has 3 nitrogen and oxygen atoms in total. The van der Waals surface area contributed by atoms with E-state index in [4.69, 9.17) is 0 Å². The lowest BCUT2D eigenvalue weighted by molar-refractivity contribution is 0.189. The molecular formula is C13H25NO2S. The molecule has 1 aliphatic heterocycles. The Morgan fingerprint density at radius 1 is 1.24 bits per heavy atom. The quantitative estimate of drug-likeness (QED) is 0.825. The molecule has 100 valence electrons. The van der Waals surface area contributed by atoms with Crippen LogP contribution in [-0.4, -0.2) is 31.5 Å². The molecule has 4 heteroatoms. The van der Waals surface area contributed by atoms with Crippen molar-refractivity contribution in [1.82, 2.24) is 5.32 Å². The zero-order valence-electron chi connectivity index (χ0n) is 11.2. The second kappa shape index (κ2) is 4.54. The van der Waals surface area contributed by atoms with Gasteiger partial charge in [-0.25, -0.2) is 8.42 Å². The van der Waals surface area contributed by atoms with E-state index in [1.807, 2.05) is 0 Å². The van der Waals surface area contributed by atoms with Gasteiger partial charge in [-0.3, -0.25) is 0 Å². The third-order valence-electron chi connectivity index (χ3n) is 4.50. The number of rotatable bonds is 2. The van der Waals surface area contributed by atoms with Gasteiger partial charge in [-0.1, -0.05) is 20.3 Å². The maximum absolute atomic E-state index is 11.6. The van der Waals surface area contributed by atoms with Gasteiger partial charge in [-0.2, -0.15) is 0 Å². The molecule has 2 rings (SSSR count). The third kappa shape index (κ3) is 3.22. The van der Waals surface area contributed by atoms with Gasteiger partial charge < -0.3 is 5.32 Å². The van der Waals surface area contributed by atoms with E-state index in [0.717, 1.165) is 12.3 Å². The highest BCUT2D eigenvalue weighted by Gasteiger charge is 2.41. The maximum atomic E-state index is 11.6. The topological polar surface area (TPSA) is 46.2 Å². The van der Waals surface area contributed by atoms with Crippen LogP contribution < -0.4 is 5.32 Å². The Labute approximate surface area is 105 Å². The molecule has 2 fully saturated rings. The van der Waals surface area contributed by atoms with Crippen LogP contribution in [0, 0.1) is 11.8 Å². The van der Waals surface area contributed by atoms with Crippen molar-refractivity contribution in [1.29, 1.82) is 0 Å². The molecule has 1 aliphatic carbocycles. The molecule has 0 spiro atoms. The summed E-state index contributed by atoms with van der Waals surface area (Å²) < 4.78 is 23.2. The van der Waals surface area contributed by atoms with Gasteiger partial charge in [0.25, 0.3) is 0 Å². The Morgan fingerprint density at radius 3 is 2.53 bits per heavy atom. The number of sulfone groups is 1. The molecule has 0 aromatic heterocycles. The fraction of sp³-hybridized carbons (Fsp3) is 1.00. The Kier molecular flexibility index (Phi) is 3.56. The van der Waals surface area contributed by atoms with Crippen LogP contribution in [-0.2, 0) is 9.84 Å². The average molecular weight is 259 g/mol. The molecule has 0 aromatic carbocycles. The second-order valence-corrected chi connectivity index (χ2v) is 8.73. The Balaban J connectivity index is 2.00. The van der Waals surface area contributed by atoms with Crippen molar-refractivity contribution in [3.63, 3.8) is 0 Å². The molecule has 17 heavy (non-hydrogen) atoms. The minimum Gasteiger partial charge on any atom is -0.307 e. The summed E-state index contributed by atoms with van der Waals surface area (Å²) in [5.41, 5.74) is -0.186. The van der Waals surface area contributed by atoms with Crippen molar-refractivity contribution in [3.05, 3.63) is 0 Å². The SMILES string of the molecule is CC1CCC(C)C(NC2(C)CCS(=O)(=O)C2)C1. The minimum absolute atomic E-state index is 0.186. The van der Waals surface area contributed by atoms with Crippen LogP contribution in [0.2, 0.25) is 0 Å². The lowest BCUT2D eigenvalue weighted by Gasteiger charge is -2.39. The summed E-state index contributed by atoms with van der Waals surface area (Å²) in [7, 11) is -2.80. The highest BCUT2D eigenvalue weighted by Crippen LogP contribution is 2.32. The number of hydrogen-bond donors (Lipinski definition) is 1. The lowest BCUT2D eigenvalue weighted by Crippen LogP contribution is -2.52. The molecule has 4 atom stereocenters. The zero-order valence-corrected chi connectivity index (χ0v) is 12.0. The molecule has 2 aliphatic rings. The Morgan fingerprint density at radius 2 is 1.94 bits per heavy atom. The van der Waals surface area contributed by atoms with Gasteiger partial charge in [-0.15, -0.1) is 0 Å². The van der Waals surface area contributed by atoms with Gasteiger partial charge in [0.05, 0.1) is 11.5 Å². The first-order valence-electron chi connectivity index (χ1n) is 6.78. The van der Waals surface area contributed by atoms with Gasteiger partial charge in [0.15, 0.2) is 9.84 Å². The Hall–Kier alpha value is -0.0900. The van der Waals surface area contributed by atoms with E-state index in [0.29, 0.717) is 23.5 Å². The zero-order chi connectivity index (χ0) is 12.7. The molecule has 0 amide bonds. The van der Waals surface area contributed by atoms with E-state index < -0.39 is 9.84 Å². The summed E-state index contributed by atoms with van der Waals surface area (Å²) >= 11 is 0. The van der Waals surface area contributed by atoms with E-state index in [1.54, 1.807) is 0 Å². The standard InChI is InChI=1S/C13H25NO2S/c1-10-4-5-11(2)12(8-10)14-13(3)6-7-17(15,16)9-13/h10-12,14H,4-9H2,1-3H3. The van der Waals surface area contributed by atoms with E-state index in [2.05, 4.69) is 26.1 Å². The first-order chi connectivity index (χ1) is 7.80. The Bertz CT molecular complexity index is 379. The van der Waals surface area contributed by atoms with E-state index in [-0.39, 0.29) is 5.54 Å². The van der Waals surface area contributed by atoms with E-state index in [1.165, 1.54) is 19.3 Å². The van der Waals surface area contributed by atoms with E-state index in [9.17, 15) is 8.42 Å². The molecule has 1 heterocycles. The summed E-state index contributed by atoms with van der Waals surface area (Å²) in [5, 5.41) is 3.65. The van der Waals surface area contributed by atoms with Gasteiger partial charge in [0.2, 0.25) is 0 Å². The maximum Gasteiger partial charge on any atom is 0.152 e. The fourth-order valence-corrected chi connectivity index (χ4v) is 5.41. The van der Waals surface area contributed by atoms with Crippen molar-refractivity contribution in [2.45, 2.75) is 58.0 Å². The fourth-order valence-electron chi connectivity index (χ4n) is 3.31. The number of hydrogen-bond acceptors (Lipinski definition) is 3. The summed E-state index contributed by atoms with van der Waals surface area (Å²) in [6, 6.07) is 0.497. The van der Waals surface area contributed by atoms with Crippen molar-refractivity contribution in [2.75, 3.05) is 11.5 Å². The van der Waals surface area contributed by atoms with Crippen molar-refractivity contribution >= 4 is 9.84 Å². The third-order valence-corrected chi connectivity index (χ3v) is 6.40. The van der Waals surface area contributed by atoms with Crippen molar-refractivity contribution < 1.29 is 8.42 Å². The molecule has 4 unspecified atom stereocenters. The smallest absolute Gasteiger partial charge is 0.152 e. The van der Waals surface area contributed by atoms with Crippen LogP contribution in [0.25, 0.3) is 0 Å². The highest BCUT2D eigenvalue weighted by molar-refractivity contribution is 7.91. The lowest BCUT2D eigenvalue weighted by atomic mass is 9.79. The minimum atomic E-state index is -2.80. The van der Waals surface area contributed by atoms with Gasteiger partial charge in [-0.05, 0) is 38.0 Å². The first kappa shape index (κ1) is 13.3. The first-order valence-corrected chi connectivity index (χ1v) is 8.60. The molecule has 0 bridgehead atoms.